The van der Waals surface area contributed by atoms with Crippen molar-refractivity contribution >= 4 is 17.4 Å². The first-order valence-electron chi connectivity index (χ1n) is 6.56. The van der Waals surface area contributed by atoms with Gasteiger partial charge in [0.2, 0.25) is 5.28 Å². The van der Waals surface area contributed by atoms with E-state index in [4.69, 9.17) is 11.6 Å². The molecule has 100 valence electrons. The Labute approximate surface area is 114 Å². The number of nitrogens with zero attached hydrogens (tertiary/aromatic N) is 3. The zero-order valence-corrected chi connectivity index (χ0v) is 11.9. The highest BCUT2D eigenvalue weighted by Crippen LogP contribution is 2.20. The number of nitrogens with one attached hydrogen (secondary N) is 1. The lowest BCUT2D eigenvalue weighted by atomic mass is 9.94. The molecule has 0 amide bonds. The van der Waals surface area contributed by atoms with Crippen LogP contribution < -0.4 is 5.32 Å². The van der Waals surface area contributed by atoms with E-state index < -0.39 is 0 Å². The van der Waals surface area contributed by atoms with E-state index in [1.807, 2.05) is 6.92 Å². The van der Waals surface area contributed by atoms with Crippen molar-refractivity contribution in [2.75, 3.05) is 32.0 Å². The molecule has 2 rings (SSSR count). The van der Waals surface area contributed by atoms with Gasteiger partial charge in [0, 0.05) is 18.3 Å². The number of likely N-dealkylation sites (tertiary alicyclic amines) is 1. The lowest BCUT2D eigenvalue weighted by Gasteiger charge is -2.28. The standard InChI is InChI=1S/C13H21ClN4/c1-10-9-16-13(14)17-12(10)15-6-3-11-4-7-18(2)8-5-11/h9,11H,3-8H2,1-2H3,(H,15,16,17). The normalized spacial score (nSPS) is 17.9. The highest BCUT2D eigenvalue weighted by molar-refractivity contribution is 6.28. The van der Waals surface area contributed by atoms with Crippen LogP contribution in [0.15, 0.2) is 6.20 Å². The van der Waals surface area contributed by atoms with E-state index in [2.05, 4.69) is 27.2 Å². The first-order valence-corrected chi connectivity index (χ1v) is 6.94. The Morgan fingerprint density at radius 3 is 2.89 bits per heavy atom. The van der Waals surface area contributed by atoms with Gasteiger partial charge < -0.3 is 10.2 Å². The highest BCUT2D eigenvalue weighted by atomic mass is 35.5. The van der Waals surface area contributed by atoms with Crippen LogP contribution in [0.3, 0.4) is 0 Å². The molecule has 0 bridgehead atoms. The molecule has 2 heterocycles. The summed E-state index contributed by atoms with van der Waals surface area (Å²) < 4.78 is 0. The Morgan fingerprint density at radius 1 is 1.44 bits per heavy atom. The summed E-state index contributed by atoms with van der Waals surface area (Å²) in [6.45, 7) is 5.41. The maximum Gasteiger partial charge on any atom is 0.224 e. The van der Waals surface area contributed by atoms with E-state index >= 15 is 0 Å². The molecule has 1 N–H and O–H groups in total. The summed E-state index contributed by atoms with van der Waals surface area (Å²) in [4.78, 5) is 10.6. The minimum atomic E-state index is 0.308. The molecular formula is C13H21ClN4. The summed E-state index contributed by atoms with van der Waals surface area (Å²) in [5.41, 5.74) is 1.04. The molecule has 0 spiro atoms. The van der Waals surface area contributed by atoms with Crippen LogP contribution in [-0.2, 0) is 0 Å². The van der Waals surface area contributed by atoms with E-state index in [0.29, 0.717) is 5.28 Å². The molecule has 1 saturated heterocycles. The number of rotatable bonds is 4. The van der Waals surface area contributed by atoms with Crippen LogP contribution in [0.25, 0.3) is 0 Å². The van der Waals surface area contributed by atoms with Crippen LogP contribution in [-0.4, -0.2) is 41.5 Å². The largest absolute Gasteiger partial charge is 0.370 e. The summed E-state index contributed by atoms with van der Waals surface area (Å²) in [5, 5.41) is 3.67. The molecule has 18 heavy (non-hydrogen) atoms. The monoisotopic (exact) mass is 268 g/mol. The smallest absolute Gasteiger partial charge is 0.224 e. The van der Waals surface area contributed by atoms with Crippen LogP contribution >= 0.6 is 11.6 Å². The predicted molar refractivity (Wildman–Crippen MR) is 75.1 cm³/mol. The van der Waals surface area contributed by atoms with Crippen molar-refractivity contribution in [3.05, 3.63) is 17.0 Å². The number of halogens is 1. The van der Waals surface area contributed by atoms with Gasteiger partial charge in [0.05, 0.1) is 0 Å². The molecule has 5 heteroatoms. The van der Waals surface area contributed by atoms with Gasteiger partial charge in [-0.15, -0.1) is 0 Å². The van der Waals surface area contributed by atoms with Crippen molar-refractivity contribution in [3.63, 3.8) is 0 Å². The van der Waals surface area contributed by atoms with E-state index in [1.54, 1.807) is 6.20 Å². The van der Waals surface area contributed by atoms with Gasteiger partial charge in [-0.2, -0.15) is 0 Å². The Hall–Kier alpha value is -0.870. The van der Waals surface area contributed by atoms with E-state index in [1.165, 1.54) is 32.4 Å². The van der Waals surface area contributed by atoms with E-state index in [9.17, 15) is 0 Å². The molecule has 0 unspecified atom stereocenters. The van der Waals surface area contributed by atoms with Crippen LogP contribution in [0.4, 0.5) is 5.82 Å². The van der Waals surface area contributed by atoms with E-state index in [-0.39, 0.29) is 0 Å². The molecule has 0 radical (unpaired) electrons. The van der Waals surface area contributed by atoms with Crippen LogP contribution in [0.1, 0.15) is 24.8 Å². The number of aromatic nitrogens is 2. The van der Waals surface area contributed by atoms with Gasteiger partial charge in [-0.1, -0.05) is 0 Å². The summed E-state index contributed by atoms with van der Waals surface area (Å²) in [6, 6.07) is 0. The Bertz CT molecular complexity index is 389. The summed E-state index contributed by atoms with van der Waals surface area (Å²) >= 11 is 5.79. The first-order chi connectivity index (χ1) is 8.65. The zero-order chi connectivity index (χ0) is 13.0. The zero-order valence-electron chi connectivity index (χ0n) is 11.1. The minimum absolute atomic E-state index is 0.308. The van der Waals surface area contributed by atoms with Crippen LogP contribution in [0.5, 0.6) is 0 Å². The van der Waals surface area contributed by atoms with Gasteiger partial charge >= 0.3 is 0 Å². The topological polar surface area (TPSA) is 41.1 Å². The van der Waals surface area contributed by atoms with Crippen LogP contribution in [0.2, 0.25) is 5.28 Å². The van der Waals surface area contributed by atoms with Crippen molar-refractivity contribution < 1.29 is 0 Å². The van der Waals surface area contributed by atoms with Gasteiger partial charge in [0.15, 0.2) is 0 Å². The average molecular weight is 269 g/mol. The molecule has 0 aromatic carbocycles. The summed E-state index contributed by atoms with van der Waals surface area (Å²) in [6.07, 6.45) is 5.57. The average Bonchev–Trinajstić information content (AvgIpc) is 2.36. The molecule has 1 aromatic rings. The SMILES string of the molecule is Cc1cnc(Cl)nc1NCCC1CCN(C)CC1. The second-order valence-electron chi connectivity index (χ2n) is 5.13. The number of piperidine rings is 1. The lowest BCUT2D eigenvalue weighted by Crippen LogP contribution is -2.30. The molecular weight excluding hydrogens is 248 g/mol. The molecule has 1 fully saturated rings. The number of aryl methyl sites for hydroxylation is 1. The third kappa shape index (κ3) is 3.82. The number of hydrogen-bond acceptors (Lipinski definition) is 4. The fourth-order valence-corrected chi connectivity index (χ4v) is 2.48. The summed E-state index contributed by atoms with van der Waals surface area (Å²) in [5.74, 6) is 1.70. The fourth-order valence-electron chi connectivity index (χ4n) is 2.34. The maximum absolute atomic E-state index is 5.79. The van der Waals surface area contributed by atoms with Crippen molar-refractivity contribution in [2.45, 2.75) is 26.2 Å². The molecule has 1 aliphatic heterocycles. The second-order valence-corrected chi connectivity index (χ2v) is 5.47. The van der Waals surface area contributed by atoms with Gasteiger partial charge in [-0.25, -0.2) is 9.97 Å². The Morgan fingerprint density at radius 2 is 2.17 bits per heavy atom. The van der Waals surface area contributed by atoms with Crippen LogP contribution in [0, 0.1) is 12.8 Å². The van der Waals surface area contributed by atoms with Gasteiger partial charge in [0.1, 0.15) is 5.82 Å². The second kappa shape index (κ2) is 6.34. The Kier molecular flexibility index (Phi) is 4.78. The van der Waals surface area contributed by atoms with Crippen molar-refractivity contribution in [2.24, 2.45) is 5.92 Å². The molecule has 1 aliphatic rings. The minimum Gasteiger partial charge on any atom is -0.370 e. The van der Waals surface area contributed by atoms with Crippen molar-refractivity contribution in [3.8, 4) is 0 Å². The maximum atomic E-state index is 5.79. The van der Waals surface area contributed by atoms with Gasteiger partial charge in [-0.3, -0.25) is 0 Å². The number of hydrogen-bond donors (Lipinski definition) is 1. The molecule has 1 aromatic heterocycles. The third-order valence-corrected chi connectivity index (χ3v) is 3.81. The van der Waals surface area contributed by atoms with Crippen molar-refractivity contribution in [1.82, 2.24) is 14.9 Å². The first kappa shape index (κ1) is 13.6. The molecule has 0 atom stereocenters. The van der Waals surface area contributed by atoms with Gasteiger partial charge in [-0.05, 0) is 63.8 Å². The van der Waals surface area contributed by atoms with Gasteiger partial charge in [0.25, 0.3) is 0 Å². The fraction of sp³-hybridized carbons (Fsp3) is 0.692. The van der Waals surface area contributed by atoms with E-state index in [0.717, 1.165) is 23.8 Å². The lowest BCUT2D eigenvalue weighted by molar-refractivity contribution is 0.215. The predicted octanol–water partition coefficient (Wildman–Crippen LogP) is 2.58. The Balaban J connectivity index is 1.76. The molecule has 4 nitrogen and oxygen atoms in total. The number of anilines is 1. The summed E-state index contributed by atoms with van der Waals surface area (Å²) in [7, 11) is 2.20. The quantitative estimate of drug-likeness (QED) is 0.853. The molecule has 0 saturated carbocycles. The van der Waals surface area contributed by atoms with Crippen molar-refractivity contribution in [1.29, 1.82) is 0 Å². The molecule has 0 aliphatic carbocycles. The highest BCUT2D eigenvalue weighted by Gasteiger charge is 2.16. The third-order valence-electron chi connectivity index (χ3n) is 3.63.